The van der Waals surface area contributed by atoms with E-state index >= 15 is 0 Å². The van der Waals surface area contributed by atoms with Gasteiger partial charge < -0.3 is 24.8 Å². The number of aliphatic hydroxyl groups excluding tert-OH is 1. The van der Waals surface area contributed by atoms with Gasteiger partial charge >= 0.3 is 6.03 Å². The lowest BCUT2D eigenvalue weighted by atomic mass is 9.94. The van der Waals surface area contributed by atoms with Crippen molar-refractivity contribution < 1.29 is 23.8 Å². The normalized spacial score (nSPS) is 11.3. The minimum Gasteiger partial charge on any atom is -0.392 e. The monoisotopic (exact) mass is 426 g/mol. The molecular formula is C23H39FN2O4. The summed E-state index contributed by atoms with van der Waals surface area (Å²) in [6.45, 7) is 9.63. The molecule has 2 N–H and O–H groups in total. The number of hydrogen-bond donors (Lipinski definition) is 2. The van der Waals surface area contributed by atoms with Gasteiger partial charge in [0.25, 0.3) is 0 Å². The van der Waals surface area contributed by atoms with Gasteiger partial charge in [-0.15, -0.1) is 0 Å². The Hall–Kier alpha value is -1.70. The zero-order valence-corrected chi connectivity index (χ0v) is 19.0. The van der Waals surface area contributed by atoms with Gasteiger partial charge in [0.2, 0.25) is 0 Å². The number of ether oxygens (including phenoxy) is 2. The topological polar surface area (TPSA) is 71.0 Å². The molecule has 0 aliphatic carbocycles. The third-order valence-electron chi connectivity index (χ3n) is 5.02. The molecule has 30 heavy (non-hydrogen) atoms. The number of anilines is 1. The van der Waals surface area contributed by atoms with Crippen LogP contribution in [-0.2, 0) is 16.1 Å². The molecule has 0 atom stereocenters. The Bertz CT molecular complexity index is 603. The Balaban J connectivity index is 2.91. The van der Waals surface area contributed by atoms with Gasteiger partial charge in [0.15, 0.2) is 6.29 Å². The van der Waals surface area contributed by atoms with Gasteiger partial charge in [-0.25, -0.2) is 9.18 Å². The van der Waals surface area contributed by atoms with Crippen LogP contribution in [0.4, 0.5) is 14.9 Å². The van der Waals surface area contributed by atoms with Crippen molar-refractivity contribution in [3.8, 4) is 0 Å². The van der Waals surface area contributed by atoms with Gasteiger partial charge in [0.1, 0.15) is 5.82 Å². The van der Waals surface area contributed by atoms with E-state index in [2.05, 4.69) is 19.2 Å². The van der Waals surface area contributed by atoms with Crippen LogP contribution in [-0.4, -0.2) is 48.6 Å². The highest BCUT2D eigenvalue weighted by atomic mass is 19.1. The lowest BCUT2D eigenvalue weighted by Gasteiger charge is -2.29. The van der Waals surface area contributed by atoms with Crippen molar-refractivity contribution in [2.45, 2.75) is 72.7 Å². The average Bonchev–Trinajstić information content (AvgIpc) is 2.72. The summed E-state index contributed by atoms with van der Waals surface area (Å²) in [4.78, 5) is 14.6. The standard InChI is InChI=1S/C23H39FN2O4/c1-5-9-18(10-6-2)13-14-26(16-22(29-7-3)30-8-4)23(28)25-21-12-11-19(17-27)15-20(21)24/h11-12,15,18,22,27H,5-10,13-14,16-17H2,1-4H3,(H,25,28). The summed E-state index contributed by atoms with van der Waals surface area (Å²) in [7, 11) is 0. The first-order valence-corrected chi connectivity index (χ1v) is 11.2. The zero-order valence-electron chi connectivity index (χ0n) is 19.0. The van der Waals surface area contributed by atoms with Gasteiger partial charge in [0, 0.05) is 19.8 Å². The highest BCUT2D eigenvalue weighted by Gasteiger charge is 2.22. The molecule has 0 aliphatic rings. The molecule has 0 bridgehead atoms. The third-order valence-corrected chi connectivity index (χ3v) is 5.02. The maximum Gasteiger partial charge on any atom is 0.322 e. The van der Waals surface area contributed by atoms with Crippen LogP contribution in [0, 0.1) is 11.7 Å². The number of nitrogens with one attached hydrogen (secondary N) is 1. The molecule has 7 heteroatoms. The van der Waals surface area contributed by atoms with E-state index in [1.165, 1.54) is 12.1 Å². The van der Waals surface area contributed by atoms with E-state index in [0.717, 1.165) is 32.1 Å². The number of benzene rings is 1. The molecule has 0 aromatic heterocycles. The maximum atomic E-state index is 14.3. The lowest BCUT2D eigenvalue weighted by molar-refractivity contribution is -0.142. The molecule has 0 radical (unpaired) electrons. The molecular weight excluding hydrogens is 387 g/mol. The molecule has 1 rings (SSSR count). The molecule has 1 aromatic carbocycles. The van der Waals surface area contributed by atoms with Crippen LogP contribution in [0.1, 0.15) is 65.4 Å². The highest BCUT2D eigenvalue weighted by molar-refractivity contribution is 5.89. The largest absolute Gasteiger partial charge is 0.392 e. The second kappa shape index (κ2) is 15.2. The third kappa shape index (κ3) is 9.41. The van der Waals surface area contributed by atoms with Crippen LogP contribution < -0.4 is 5.32 Å². The first-order valence-electron chi connectivity index (χ1n) is 11.2. The van der Waals surface area contributed by atoms with Gasteiger partial charge in [-0.3, -0.25) is 0 Å². The number of hydrogen-bond acceptors (Lipinski definition) is 4. The number of halogens is 1. The number of rotatable bonds is 15. The van der Waals surface area contributed by atoms with E-state index in [9.17, 15) is 9.18 Å². The summed E-state index contributed by atoms with van der Waals surface area (Å²) in [6.07, 6.45) is 4.83. The van der Waals surface area contributed by atoms with E-state index in [4.69, 9.17) is 14.6 Å². The van der Waals surface area contributed by atoms with E-state index in [1.54, 1.807) is 11.0 Å². The Labute approximate surface area is 180 Å². The number of nitrogens with zero attached hydrogens (tertiary/aromatic N) is 1. The molecule has 6 nitrogen and oxygen atoms in total. The lowest BCUT2D eigenvalue weighted by Crippen LogP contribution is -2.43. The van der Waals surface area contributed by atoms with Crippen molar-refractivity contribution in [1.82, 2.24) is 4.90 Å². The maximum absolute atomic E-state index is 14.3. The van der Waals surface area contributed by atoms with Crippen LogP contribution >= 0.6 is 0 Å². The van der Waals surface area contributed by atoms with Crippen LogP contribution in [0.5, 0.6) is 0 Å². The molecule has 0 saturated carbocycles. The molecule has 2 amide bonds. The minimum atomic E-state index is -0.573. The fraction of sp³-hybridized carbons (Fsp3) is 0.696. The molecule has 0 heterocycles. The summed E-state index contributed by atoms with van der Waals surface area (Å²) in [5.41, 5.74) is 0.544. The second-order valence-electron chi connectivity index (χ2n) is 7.42. The summed E-state index contributed by atoms with van der Waals surface area (Å²) in [6, 6.07) is 3.89. The zero-order chi connectivity index (χ0) is 22.4. The van der Waals surface area contributed by atoms with Crippen LogP contribution in [0.15, 0.2) is 18.2 Å². The number of urea groups is 1. The summed E-state index contributed by atoms with van der Waals surface area (Å²) in [5, 5.41) is 11.8. The summed E-state index contributed by atoms with van der Waals surface area (Å²) < 4.78 is 25.5. The number of carbonyl (C=O) groups is 1. The van der Waals surface area contributed by atoms with E-state index in [0.29, 0.717) is 31.2 Å². The summed E-state index contributed by atoms with van der Waals surface area (Å²) >= 11 is 0. The predicted octanol–water partition coefficient (Wildman–Crippen LogP) is 5.16. The Morgan fingerprint density at radius 3 is 2.23 bits per heavy atom. The number of amides is 2. The van der Waals surface area contributed by atoms with Gasteiger partial charge in [-0.1, -0.05) is 45.6 Å². The van der Waals surface area contributed by atoms with Crippen LogP contribution in [0.2, 0.25) is 0 Å². The molecule has 0 unspecified atom stereocenters. The van der Waals surface area contributed by atoms with E-state index in [1.807, 2.05) is 13.8 Å². The van der Waals surface area contributed by atoms with E-state index < -0.39 is 12.1 Å². The minimum absolute atomic E-state index is 0.0882. The molecule has 1 aromatic rings. The molecule has 0 fully saturated rings. The van der Waals surface area contributed by atoms with Gasteiger partial charge in [-0.2, -0.15) is 0 Å². The smallest absolute Gasteiger partial charge is 0.322 e. The highest BCUT2D eigenvalue weighted by Crippen LogP contribution is 2.20. The predicted molar refractivity (Wildman–Crippen MR) is 118 cm³/mol. The molecule has 0 saturated heterocycles. The van der Waals surface area contributed by atoms with Crippen LogP contribution in [0.25, 0.3) is 0 Å². The number of aliphatic hydroxyl groups is 1. The second-order valence-corrected chi connectivity index (χ2v) is 7.42. The Morgan fingerprint density at radius 2 is 1.73 bits per heavy atom. The van der Waals surface area contributed by atoms with Crippen molar-refractivity contribution in [1.29, 1.82) is 0 Å². The van der Waals surface area contributed by atoms with Crippen molar-refractivity contribution >= 4 is 11.7 Å². The van der Waals surface area contributed by atoms with Crippen molar-refractivity contribution in [3.05, 3.63) is 29.6 Å². The van der Waals surface area contributed by atoms with Gasteiger partial charge in [0.05, 0.1) is 18.8 Å². The Morgan fingerprint density at radius 1 is 1.10 bits per heavy atom. The average molecular weight is 427 g/mol. The quantitative estimate of drug-likeness (QED) is 0.380. The van der Waals surface area contributed by atoms with Crippen molar-refractivity contribution in [2.75, 3.05) is 31.6 Å². The fourth-order valence-corrected chi connectivity index (χ4v) is 3.52. The first kappa shape index (κ1) is 26.3. The van der Waals surface area contributed by atoms with Crippen molar-refractivity contribution in [2.24, 2.45) is 5.92 Å². The van der Waals surface area contributed by atoms with Crippen LogP contribution in [0.3, 0.4) is 0 Å². The summed E-state index contributed by atoms with van der Waals surface area (Å²) in [5.74, 6) is -0.0237. The fourth-order valence-electron chi connectivity index (χ4n) is 3.52. The molecule has 172 valence electrons. The van der Waals surface area contributed by atoms with Crippen molar-refractivity contribution in [3.63, 3.8) is 0 Å². The number of carbonyl (C=O) groups excluding carboxylic acids is 1. The van der Waals surface area contributed by atoms with Gasteiger partial charge in [-0.05, 0) is 43.9 Å². The Kier molecular flexibility index (Phi) is 13.3. The molecule has 0 aliphatic heterocycles. The first-order chi connectivity index (χ1) is 14.5. The SMILES string of the molecule is CCCC(CCC)CCN(CC(OCC)OCC)C(=O)Nc1ccc(CO)cc1F. The molecule has 0 spiro atoms. The van der Waals surface area contributed by atoms with E-state index in [-0.39, 0.29) is 24.9 Å².